The summed E-state index contributed by atoms with van der Waals surface area (Å²) in [6, 6.07) is 13.2. The Labute approximate surface area is 116 Å². The Hall–Kier alpha value is -1.41. The van der Waals surface area contributed by atoms with Gasteiger partial charge < -0.3 is 5.32 Å². The number of aromatic nitrogens is 1. The Balaban J connectivity index is 1.90. The third-order valence-corrected chi connectivity index (χ3v) is 3.42. The molecule has 2 rings (SSSR count). The summed E-state index contributed by atoms with van der Waals surface area (Å²) >= 11 is 0. The third kappa shape index (κ3) is 4.32. The normalized spacial score (nSPS) is 13.1. The van der Waals surface area contributed by atoms with Gasteiger partial charge in [-0.25, -0.2) is 0 Å². The van der Waals surface area contributed by atoms with Gasteiger partial charge in [0, 0.05) is 17.1 Å². The highest BCUT2D eigenvalue weighted by molar-refractivity contribution is 5.78. The van der Waals surface area contributed by atoms with E-state index in [9.17, 15) is 0 Å². The maximum Gasteiger partial charge on any atom is 0.0705 e. The molecule has 1 unspecified atom stereocenters. The Morgan fingerprint density at radius 1 is 1.05 bits per heavy atom. The molecule has 0 aliphatic carbocycles. The molecule has 2 heteroatoms. The summed E-state index contributed by atoms with van der Waals surface area (Å²) in [4.78, 5) is 4.72. The number of para-hydroxylation sites is 1. The number of hydrogen-bond donors (Lipinski definition) is 1. The molecule has 0 spiro atoms. The van der Waals surface area contributed by atoms with Crippen molar-refractivity contribution in [1.29, 1.82) is 0 Å². The Kier molecular flexibility index (Phi) is 4.92. The molecule has 0 saturated heterocycles. The van der Waals surface area contributed by atoms with Crippen molar-refractivity contribution < 1.29 is 0 Å². The van der Waals surface area contributed by atoms with Crippen LogP contribution in [0.4, 0.5) is 0 Å². The number of fused-ring (bicyclic) bond motifs is 1. The molecule has 19 heavy (non-hydrogen) atoms. The molecule has 0 bridgehead atoms. The summed E-state index contributed by atoms with van der Waals surface area (Å²) in [5.74, 6) is 0.690. The molecule has 0 aliphatic heterocycles. The summed E-state index contributed by atoms with van der Waals surface area (Å²) in [7, 11) is 0. The predicted molar refractivity (Wildman–Crippen MR) is 82.4 cm³/mol. The highest BCUT2D eigenvalue weighted by atomic mass is 14.9. The van der Waals surface area contributed by atoms with Crippen LogP contribution >= 0.6 is 0 Å². The number of nitrogens with one attached hydrogen (secondary N) is 1. The molecular weight excluding hydrogens is 232 g/mol. The summed E-state index contributed by atoms with van der Waals surface area (Å²) in [5.41, 5.74) is 2.31. The smallest absolute Gasteiger partial charge is 0.0705 e. The topological polar surface area (TPSA) is 24.9 Å². The van der Waals surface area contributed by atoms with Crippen LogP contribution in [0.3, 0.4) is 0 Å². The first-order valence-corrected chi connectivity index (χ1v) is 7.23. The van der Waals surface area contributed by atoms with Gasteiger partial charge in [0.25, 0.3) is 0 Å². The molecule has 2 aromatic rings. The quantitative estimate of drug-likeness (QED) is 0.850. The van der Waals surface area contributed by atoms with Gasteiger partial charge in [0.15, 0.2) is 0 Å². The molecule has 0 aliphatic rings. The molecule has 1 aromatic heterocycles. The van der Waals surface area contributed by atoms with E-state index in [1.54, 1.807) is 0 Å². The van der Waals surface area contributed by atoms with Crippen molar-refractivity contribution in [2.45, 2.75) is 39.7 Å². The monoisotopic (exact) mass is 256 g/mol. The van der Waals surface area contributed by atoms with Crippen molar-refractivity contribution in [3.8, 4) is 0 Å². The van der Waals surface area contributed by atoms with E-state index in [4.69, 9.17) is 4.98 Å². The van der Waals surface area contributed by atoms with Crippen molar-refractivity contribution in [3.05, 3.63) is 42.1 Å². The van der Waals surface area contributed by atoms with Crippen molar-refractivity contribution in [2.75, 3.05) is 6.54 Å². The lowest BCUT2D eigenvalue weighted by Gasteiger charge is -2.14. The van der Waals surface area contributed by atoms with E-state index in [1.165, 1.54) is 17.5 Å². The van der Waals surface area contributed by atoms with Crippen LogP contribution in [0, 0.1) is 5.92 Å². The van der Waals surface area contributed by atoms with Gasteiger partial charge in [-0.05, 0) is 37.4 Å². The van der Waals surface area contributed by atoms with E-state index in [-0.39, 0.29) is 0 Å². The van der Waals surface area contributed by atoms with Gasteiger partial charge in [-0.3, -0.25) is 4.98 Å². The molecule has 1 heterocycles. The number of pyridine rings is 1. The lowest BCUT2D eigenvalue weighted by Crippen LogP contribution is -2.28. The molecule has 0 saturated carbocycles. The van der Waals surface area contributed by atoms with Crippen LogP contribution in [0.5, 0.6) is 0 Å². The Bertz CT molecular complexity index is 519. The van der Waals surface area contributed by atoms with Crippen LogP contribution in [0.2, 0.25) is 0 Å². The van der Waals surface area contributed by atoms with Crippen LogP contribution in [-0.2, 0) is 6.42 Å². The van der Waals surface area contributed by atoms with Crippen LogP contribution in [0.1, 0.15) is 32.9 Å². The van der Waals surface area contributed by atoms with Gasteiger partial charge in [0.2, 0.25) is 0 Å². The highest BCUT2D eigenvalue weighted by Gasteiger charge is 2.05. The van der Waals surface area contributed by atoms with Crippen molar-refractivity contribution >= 4 is 10.9 Å². The van der Waals surface area contributed by atoms with E-state index in [1.807, 2.05) is 6.07 Å². The number of rotatable bonds is 6. The van der Waals surface area contributed by atoms with E-state index in [0.29, 0.717) is 12.0 Å². The minimum atomic E-state index is 0.571. The van der Waals surface area contributed by atoms with Gasteiger partial charge in [-0.1, -0.05) is 45.0 Å². The molecule has 1 N–H and O–H groups in total. The van der Waals surface area contributed by atoms with Crippen molar-refractivity contribution in [1.82, 2.24) is 10.3 Å². The maximum atomic E-state index is 4.72. The fourth-order valence-electron chi connectivity index (χ4n) is 2.18. The standard InChI is InChI=1S/C17H24N2/c1-13(2)18-12-14(3)8-10-16-11-9-15-6-4-5-7-17(15)19-16/h4-7,9,11,13-14,18H,8,10,12H2,1-3H3. The van der Waals surface area contributed by atoms with Gasteiger partial charge in [-0.2, -0.15) is 0 Å². The number of hydrogen-bond acceptors (Lipinski definition) is 2. The second-order valence-electron chi connectivity index (χ2n) is 5.70. The summed E-state index contributed by atoms with van der Waals surface area (Å²) in [5, 5.41) is 4.71. The minimum Gasteiger partial charge on any atom is -0.314 e. The third-order valence-electron chi connectivity index (χ3n) is 3.42. The van der Waals surface area contributed by atoms with Crippen LogP contribution in [0.15, 0.2) is 36.4 Å². The second kappa shape index (κ2) is 6.67. The molecule has 0 fully saturated rings. The SMILES string of the molecule is CC(CCc1ccc2ccccc2n1)CNC(C)C. The summed E-state index contributed by atoms with van der Waals surface area (Å²) in [6.07, 6.45) is 2.25. The highest BCUT2D eigenvalue weighted by Crippen LogP contribution is 2.14. The second-order valence-corrected chi connectivity index (χ2v) is 5.70. The zero-order chi connectivity index (χ0) is 13.7. The fraction of sp³-hybridized carbons (Fsp3) is 0.471. The molecule has 1 atom stereocenters. The minimum absolute atomic E-state index is 0.571. The molecule has 0 amide bonds. The van der Waals surface area contributed by atoms with E-state index >= 15 is 0 Å². The molecule has 1 aromatic carbocycles. The first kappa shape index (κ1) is 14.0. The van der Waals surface area contributed by atoms with Crippen LogP contribution in [-0.4, -0.2) is 17.6 Å². The van der Waals surface area contributed by atoms with E-state index in [2.05, 4.69) is 56.4 Å². The van der Waals surface area contributed by atoms with Crippen LogP contribution in [0.25, 0.3) is 10.9 Å². The van der Waals surface area contributed by atoms with Crippen molar-refractivity contribution in [3.63, 3.8) is 0 Å². The maximum absolute atomic E-state index is 4.72. The zero-order valence-corrected chi connectivity index (χ0v) is 12.2. The zero-order valence-electron chi connectivity index (χ0n) is 12.2. The van der Waals surface area contributed by atoms with Gasteiger partial charge >= 0.3 is 0 Å². The molecule has 2 nitrogen and oxygen atoms in total. The average molecular weight is 256 g/mol. The van der Waals surface area contributed by atoms with Crippen LogP contribution < -0.4 is 5.32 Å². The number of nitrogens with zero attached hydrogens (tertiary/aromatic N) is 1. The van der Waals surface area contributed by atoms with E-state index < -0.39 is 0 Å². The summed E-state index contributed by atoms with van der Waals surface area (Å²) in [6.45, 7) is 7.77. The Morgan fingerprint density at radius 3 is 2.63 bits per heavy atom. The molecule has 102 valence electrons. The fourth-order valence-corrected chi connectivity index (χ4v) is 2.18. The first-order valence-electron chi connectivity index (χ1n) is 7.23. The van der Waals surface area contributed by atoms with Gasteiger partial charge in [-0.15, -0.1) is 0 Å². The molecule has 0 radical (unpaired) electrons. The summed E-state index contributed by atoms with van der Waals surface area (Å²) < 4.78 is 0. The largest absolute Gasteiger partial charge is 0.314 e. The van der Waals surface area contributed by atoms with E-state index in [0.717, 1.165) is 18.5 Å². The number of aryl methyl sites for hydroxylation is 1. The number of benzene rings is 1. The lowest BCUT2D eigenvalue weighted by molar-refractivity contribution is 0.452. The lowest BCUT2D eigenvalue weighted by atomic mass is 10.0. The Morgan fingerprint density at radius 2 is 1.84 bits per heavy atom. The predicted octanol–water partition coefficient (Wildman–Crippen LogP) is 3.80. The first-order chi connectivity index (χ1) is 9.15. The molecular formula is C17H24N2. The van der Waals surface area contributed by atoms with Gasteiger partial charge in [0.1, 0.15) is 0 Å². The van der Waals surface area contributed by atoms with Gasteiger partial charge in [0.05, 0.1) is 5.52 Å². The average Bonchev–Trinajstić information content (AvgIpc) is 2.42. The van der Waals surface area contributed by atoms with Crippen molar-refractivity contribution in [2.24, 2.45) is 5.92 Å².